The van der Waals surface area contributed by atoms with Gasteiger partial charge in [-0.15, -0.1) is 0 Å². The molecule has 1 aromatic rings. The molecule has 0 aliphatic heterocycles. The first-order valence-corrected chi connectivity index (χ1v) is 10.1. The van der Waals surface area contributed by atoms with Crippen molar-refractivity contribution in [3.05, 3.63) is 31.1 Å². The molecule has 9 heavy (non-hydrogen) atoms. The minimum absolute atomic E-state index is 0.0417. The van der Waals surface area contributed by atoms with Gasteiger partial charge in [0.2, 0.25) is 0 Å². The molecule has 1 radical (unpaired) electrons. The van der Waals surface area contributed by atoms with Crippen LogP contribution in [-0.4, -0.2) is 16.0 Å². The molecule has 0 amide bonds. The number of hydrogen-bond donors (Lipinski definition) is 0. The van der Waals surface area contributed by atoms with E-state index in [1.165, 1.54) is 0 Å². The molecule has 0 saturated heterocycles. The molecule has 4 heteroatoms. The van der Waals surface area contributed by atoms with Crippen molar-refractivity contribution in [2.45, 2.75) is 0 Å². The maximum Gasteiger partial charge on any atom is 0.560 e. The van der Waals surface area contributed by atoms with Crippen LogP contribution in [0.1, 0.15) is 5.76 Å². The Hall–Kier alpha value is 1.01. The van der Waals surface area contributed by atoms with E-state index in [0.717, 1.165) is 5.76 Å². The predicted molar refractivity (Wildman–Crippen MR) is 46.8 cm³/mol. The van der Waals surface area contributed by atoms with E-state index in [4.69, 9.17) is 4.42 Å². The van der Waals surface area contributed by atoms with Crippen molar-refractivity contribution in [2.75, 3.05) is 0 Å². The van der Waals surface area contributed by atoms with Gasteiger partial charge in [0, 0.05) is 6.92 Å². The van der Waals surface area contributed by atoms with E-state index in [1.54, 1.807) is 12.3 Å². The standard InChI is InChI=1S/C5H5O.2BrH.Mg/c1-5-3-2-4-6-5;;;/h2-4H,1H2;2*1H;/q;;;+2/p-2. The zero-order chi connectivity index (χ0) is 7.11. The zero-order valence-corrected chi connectivity index (χ0v) is 9.40. The highest BCUT2D eigenvalue weighted by Gasteiger charge is 1.76. The third-order valence-electron chi connectivity index (χ3n) is 0.580. The molecule has 47 valence electrons. The molecule has 0 atom stereocenters. The summed E-state index contributed by atoms with van der Waals surface area (Å²) in [4.78, 5) is 0. The van der Waals surface area contributed by atoms with Crippen LogP contribution in [0.2, 0.25) is 0 Å². The fraction of sp³-hybridized carbons (Fsp3) is 0. The normalized spacial score (nSPS) is 7.00. The van der Waals surface area contributed by atoms with Crippen molar-refractivity contribution < 1.29 is 4.42 Å². The van der Waals surface area contributed by atoms with Crippen LogP contribution in [0.25, 0.3) is 0 Å². The quantitative estimate of drug-likeness (QED) is 0.657. The Morgan fingerprint density at radius 2 is 2.11 bits per heavy atom. The molecule has 0 unspecified atom stereocenters. The Labute approximate surface area is 76.7 Å². The van der Waals surface area contributed by atoms with E-state index in [1.807, 2.05) is 6.07 Å². The fourth-order valence-corrected chi connectivity index (χ4v) is 0.313. The van der Waals surface area contributed by atoms with Gasteiger partial charge >= 0.3 is 16.0 Å². The van der Waals surface area contributed by atoms with Crippen LogP contribution >= 0.6 is 25.8 Å². The lowest BCUT2D eigenvalue weighted by atomic mass is 10.5. The molecule has 0 aromatic carbocycles. The van der Waals surface area contributed by atoms with E-state index >= 15 is 0 Å². The molecule has 0 fully saturated rings. The first kappa shape index (κ1) is 10.0. The molecule has 1 aromatic heterocycles. The van der Waals surface area contributed by atoms with Crippen LogP contribution in [0.5, 0.6) is 0 Å². The Balaban J connectivity index is 0.000000187. The number of hydrogen-bond acceptors (Lipinski definition) is 1. The maximum absolute atomic E-state index is 4.72. The summed E-state index contributed by atoms with van der Waals surface area (Å²) in [7, 11) is 0. The van der Waals surface area contributed by atoms with Crippen LogP contribution in [0.15, 0.2) is 22.8 Å². The Morgan fingerprint density at radius 3 is 2.22 bits per heavy atom. The summed E-state index contributed by atoms with van der Waals surface area (Å²) >= 11 is 6.44. The minimum atomic E-state index is 0.0417. The molecule has 0 bridgehead atoms. The monoisotopic (exact) mass is 263 g/mol. The molecule has 1 nitrogen and oxygen atoms in total. The zero-order valence-electron chi connectivity index (χ0n) is 4.81. The molecule has 0 saturated carbocycles. The third kappa shape index (κ3) is 6.90. The van der Waals surface area contributed by atoms with Crippen LogP contribution in [0, 0.1) is 6.92 Å². The van der Waals surface area contributed by atoms with Gasteiger partial charge in [0.05, 0.1) is 6.26 Å². The molecule has 0 spiro atoms. The van der Waals surface area contributed by atoms with Gasteiger partial charge in [-0.2, -0.15) is 0 Å². The van der Waals surface area contributed by atoms with Gasteiger partial charge in [-0.05, 0) is 12.1 Å². The lowest BCUT2D eigenvalue weighted by Crippen LogP contribution is -1.48. The minimum Gasteiger partial charge on any atom is -0.469 e. The van der Waals surface area contributed by atoms with Gasteiger partial charge in [-0.3, -0.25) is 25.8 Å². The van der Waals surface area contributed by atoms with E-state index < -0.39 is 0 Å². The molecule has 1 rings (SSSR count). The average Bonchev–Trinajstić information content (AvgIpc) is 2.20. The second-order valence-corrected chi connectivity index (χ2v) is 9.26. The highest BCUT2D eigenvalue weighted by atomic mass is 79.9. The summed E-state index contributed by atoms with van der Waals surface area (Å²) in [5.41, 5.74) is 0. The van der Waals surface area contributed by atoms with Crippen molar-refractivity contribution in [1.29, 1.82) is 0 Å². The van der Waals surface area contributed by atoms with Gasteiger partial charge < -0.3 is 4.42 Å². The third-order valence-corrected chi connectivity index (χ3v) is 0.580. The molecule has 0 aliphatic carbocycles. The van der Waals surface area contributed by atoms with Gasteiger partial charge in [-0.1, -0.05) is 0 Å². The van der Waals surface area contributed by atoms with Crippen LogP contribution in [0.3, 0.4) is 0 Å². The second kappa shape index (κ2) is 7.12. The summed E-state index contributed by atoms with van der Waals surface area (Å²) in [6.07, 6.45) is 1.60. The van der Waals surface area contributed by atoms with E-state index in [2.05, 4.69) is 32.7 Å². The Morgan fingerprint density at radius 1 is 1.56 bits per heavy atom. The summed E-state index contributed by atoms with van der Waals surface area (Å²) in [6, 6.07) is 3.61. The predicted octanol–water partition coefficient (Wildman–Crippen LogP) is 2.77. The number of rotatable bonds is 0. The van der Waals surface area contributed by atoms with Crippen molar-refractivity contribution in [2.24, 2.45) is 0 Å². The summed E-state index contributed by atoms with van der Waals surface area (Å²) in [5.74, 6) is 0.718. The number of furan rings is 1. The maximum atomic E-state index is 4.72. The van der Waals surface area contributed by atoms with Crippen molar-refractivity contribution in [3.63, 3.8) is 0 Å². The van der Waals surface area contributed by atoms with Crippen molar-refractivity contribution in [1.82, 2.24) is 0 Å². The van der Waals surface area contributed by atoms with Gasteiger partial charge in [0.1, 0.15) is 5.76 Å². The van der Waals surface area contributed by atoms with E-state index in [0.29, 0.717) is 0 Å². The molecule has 1 heterocycles. The highest BCUT2D eigenvalue weighted by molar-refractivity contribution is 9.47. The molecule has 0 aliphatic rings. The van der Waals surface area contributed by atoms with Gasteiger partial charge in [0.25, 0.3) is 0 Å². The fourth-order valence-electron chi connectivity index (χ4n) is 0.313. The molecule has 0 N–H and O–H groups in total. The largest absolute Gasteiger partial charge is 0.560 e. The lowest BCUT2D eigenvalue weighted by molar-refractivity contribution is 0.549. The summed E-state index contributed by atoms with van der Waals surface area (Å²) in [5, 5.41) is 0. The first-order valence-electron chi connectivity index (χ1n) is 2.28. The second-order valence-electron chi connectivity index (χ2n) is 1.18. The van der Waals surface area contributed by atoms with Crippen molar-refractivity contribution in [3.8, 4) is 0 Å². The highest BCUT2D eigenvalue weighted by Crippen LogP contribution is 1.93. The van der Waals surface area contributed by atoms with Crippen LogP contribution in [-0.2, 0) is 0 Å². The number of halogens is 2. The molecular weight excluding hydrogens is 260 g/mol. The average molecular weight is 265 g/mol. The summed E-state index contributed by atoms with van der Waals surface area (Å²) < 4.78 is 4.72. The van der Waals surface area contributed by atoms with E-state index in [9.17, 15) is 0 Å². The van der Waals surface area contributed by atoms with Crippen LogP contribution in [0.4, 0.5) is 0 Å². The van der Waals surface area contributed by atoms with Crippen molar-refractivity contribution >= 4 is 41.8 Å². The lowest BCUT2D eigenvalue weighted by Gasteiger charge is -1.68. The molecular formula is C5H5Br2MgO. The van der Waals surface area contributed by atoms with Crippen LogP contribution < -0.4 is 0 Å². The Kier molecular flexibility index (Phi) is 7.91. The van der Waals surface area contributed by atoms with E-state index in [-0.39, 0.29) is 16.0 Å². The SMILES string of the molecule is [Br][Mg][Br].[CH2]c1ccco1. The topological polar surface area (TPSA) is 13.1 Å². The van der Waals surface area contributed by atoms with Gasteiger partial charge in [-0.25, -0.2) is 0 Å². The van der Waals surface area contributed by atoms with Gasteiger partial charge in [0.15, 0.2) is 0 Å². The summed E-state index contributed by atoms with van der Waals surface area (Å²) in [6.45, 7) is 3.51. The Bertz CT molecular complexity index is 130. The first-order chi connectivity index (χ1) is 4.31. The smallest absolute Gasteiger partial charge is 0.469 e.